The monoisotopic (exact) mass is 347 g/mol. The molecule has 0 N–H and O–H groups in total. The molecule has 0 amide bonds. The van der Waals surface area contributed by atoms with Gasteiger partial charge in [0.25, 0.3) is 5.69 Å². The van der Waals surface area contributed by atoms with Crippen LogP contribution in [0.4, 0.5) is 5.69 Å². The normalized spacial score (nSPS) is 13.7. The molecule has 0 radical (unpaired) electrons. The minimum absolute atomic E-state index is 0.0250. The van der Waals surface area contributed by atoms with Crippen molar-refractivity contribution in [3.63, 3.8) is 0 Å². The highest BCUT2D eigenvalue weighted by Gasteiger charge is 2.18. The van der Waals surface area contributed by atoms with E-state index in [1.807, 2.05) is 13.0 Å². The largest absolute Gasteiger partial charge is 0.269 e. The third-order valence-electron chi connectivity index (χ3n) is 3.52. The van der Waals surface area contributed by atoms with E-state index in [4.69, 9.17) is 23.2 Å². The van der Waals surface area contributed by atoms with Crippen molar-refractivity contribution in [3.05, 3.63) is 73.2 Å². The molecule has 3 rings (SSSR count). The van der Waals surface area contributed by atoms with Gasteiger partial charge < -0.3 is 0 Å². The van der Waals surface area contributed by atoms with Gasteiger partial charge in [0.2, 0.25) is 0 Å². The first-order valence-corrected chi connectivity index (χ1v) is 7.55. The first-order chi connectivity index (χ1) is 11.0. The minimum Gasteiger partial charge on any atom is -0.258 e. The molecule has 0 saturated heterocycles. The van der Waals surface area contributed by atoms with E-state index in [0.29, 0.717) is 22.2 Å². The smallest absolute Gasteiger partial charge is 0.258 e. The second kappa shape index (κ2) is 6.10. The van der Waals surface area contributed by atoms with Crippen molar-refractivity contribution in [2.75, 3.05) is 0 Å². The topological polar surface area (TPSA) is 67.9 Å². The summed E-state index contributed by atoms with van der Waals surface area (Å²) in [5, 5.41) is 20.2. The fourth-order valence-corrected chi connectivity index (χ4v) is 2.76. The Hall–Kier alpha value is -2.24. The van der Waals surface area contributed by atoms with Crippen molar-refractivity contribution in [2.24, 2.45) is 10.2 Å². The van der Waals surface area contributed by atoms with Crippen molar-refractivity contribution in [2.45, 2.75) is 13.3 Å². The number of nitro benzene ring substituents is 1. The van der Waals surface area contributed by atoms with Gasteiger partial charge in [-0.2, -0.15) is 5.10 Å². The molecule has 7 heteroatoms. The van der Waals surface area contributed by atoms with E-state index in [1.165, 1.54) is 12.1 Å². The van der Waals surface area contributed by atoms with Crippen LogP contribution in [0.25, 0.3) is 0 Å². The summed E-state index contributed by atoms with van der Waals surface area (Å²) in [5.74, 6) is 0. The summed E-state index contributed by atoms with van der Waals surface area (Å²) < 4.78 is 0. The average Bonchev–Trinajstić information content (AvgIpc) is 2.67. The molecular weight excluding hydrogens is 337 g/mol. The highest BCUT2D eigenvalue weighted by atomic mass is 35.5. The van der Waals surface area contributed by atoms with E-state index in [2.05, 4.69) is 10.2 Å². The molecule has 23 heavy (non-hydrogen) atoms. The average molecular weight is 348 g/mol. The fraction of sp³-hybridized carbons (Fsp3) is 0.125. The summed E-state index contributed by atoms with van der Waals surface area (Å²) >= 11 is 12.3. The second-order valence-electron chi connectivity index (χ2n) is 5.19. The Balaban J connectivity index is 2.15. The number of non-ortho nitro benzene ring substituents is 1. The minimum atomic E-state index is -0.439. The molecule has 116 valence electrons. The molecule has 1 aliphatic rings. The molecule has 0 bridgehead atoms. The Kier molecular flexibility index (Phi) is 4.15. The highest BCUT2D eigenvalue weighted by molar-refractivity contribution is 6.42. The van der Waals surface area contributed by atoms with Gasteiger partial charge in [0, 0.05) is 35.4 Å². The summed E-state index contributed by atoms with van der Waals surface area (Å²) in [4.78, 5) is 10.3. The number of benzene rings is 2. The molecule has 0 fully saturated rings. The summed E-state index contributed by atoms with van der Waals surface area (Å²) in [6.07, 6.45) is 0.617. The number of hydrogen-bond acceptors (Lipinski definition) is 4. The van der Waals surface area contributed by atoms with Gasteiger partial charge in [-0.15, -0.1) is 5.10 Å². The molecule has 1 aliphatic heterocycles. The summed E-state index contributed by atoms with van der Waals surface area (Å²) in [7, 11) is 0. The van der Waals surface area contributed by atoms with Crippen molar-refractivity contribution in [1.82, 2.24) is 0 Å². The molecule has 0 atom stereocenters. The SMILES string of the molecule is CC1=NN=C(c2ccc([N+](=O)[O-])cc2)c2cc(Cl)c(Cl)cc2C1. The maximum absolute atomic E-state index is 10.8. The standard InChI is InChI=1S/C16H11Cl2N3O2/c1-9-6-11-7-14(17)15(18)8-13(11)16(20-19-9)10-2-4-12(5-3-10)21(22)23/h2-5,7-8H,6H2,1H3. The van der Waals surface area contributed by atoms with Crippen molar-refractivity contribution >= 4 is 40.3 Å². The van der Waals surface area contributed by atoms with Crippen molar-refractivity contribution in [1.29, 1.82) is 0 Å². The van der Waals surface area contributed by atoms with Crippen molar-refractivity contribution < 1.29 is 4.92 Å². The number of halogens is 2. The number of hydrogen-bond donors (Lipinski definition) is 0. The Morgan fingerprint density at radius 3 is 2.39 bits per heavy atom. The number of fused-ring (bicyclic) bond motifs is 1. The van der Waals surface area contributed by atoms with E-state index >= 15 is 0 Å². The number of nitrogens with zero attached hydrogens (tertiary/aromatic N) is 3. The second-order valence-corrected chi connectivity index (χ2v) is 6.00. The zero-order chi connectivity index (χ0) is 16.6. The van der Waals surface area contributed by atoms with Gasteiger partial charge in [0.15, 0.2) is 0 Å². The van der Waals surface area contributed by atoms with Gasteiger partial charge >= 0.3 is 0 Å². The lowest BCUT2D eigenvalue weighted by molar-refractivity contribution is -0.384. The van der Waals surface area contributed by atoms with Crippen LogP contribution in [0.2, 0.25) is 10.0 Å². The molecule has 1 heterocycles. The maximum atomic E-state index is 10.8. The van der Waals surface area contributed by atoms with Gasteiger partial charge in [0.05, 0.1) is 15.0 Å². The molecule has 2 aromatic rings. The van der Waals surface area contributed by atoms with Crippen LogP contribution in [0.3, 0.4) is 0 Å². The fourth-order valence-electron chi connectivity index (χ4n) is 2.41. The molecule has 0 saturated carbocycles. The third-order valence-corrected chi connectivity index (χ3v) is 4.24. The van der Waals surface area contributed by atoms with Crippen LogP contribution >= 0.6 is 23.2 Å². The number of nitro groups is 1. The van der Waals surface area contributed by atoms with E-state index < -0.39 is 4.92 Å². The predicted molar refractivity (Wildman–Crippen MR) is 92.0 cm³/mol. The van der Waals surface area contributed by atoms with E-state index in [1.54, 1.807) is 18.2 Å². The molecule has 0 spiro atoms. The lowest BCUT2D eigenvalue weighted by atomic mass is 9.95. The third kappa shape index (κ3) is 3.11. The first kappa shape index (κ1) is 15.6. The lowest BCUT2D eigenvalue weighted by Crippen LogP contribution is -2.07. The molecule has 2 aromatic carbocycles. The Morgan fingerprint density at radius 2 is 1.74 bits per heavy atom. The Morgan fingerprint density at radius 1 is 1.09 bits per heavy atom. The lowest BCUT2D eigenvalue weighted by Gasteiger charge is -2.11. The van der Waals surface area contributed by atoms with Crippen LogP contribution < -0.4 is 0 Å². The molecule has 5 nitrogen and oxygen atoms in total. The molecule has 0 unspecified atom stereocenters. The van der Waals surface area contributed by atoms with Gasteiger partial charge in [0.1, 0.15) is 5.71 Å². The zero-order valence-electron chi connectivity index (χ0n) is 12.1. The van der Waals surface area contributed by atoms with E-state index in [0.717, 1.165) is 22.4 Å². The van der Waals surface area contributed by atoms with Gasteiger partial charge in [-0.3, -0.25) is 10.1 Å². The van der Waals surface area contributed by atoms with E-state index in [-0.39, 0.29) is 5.69 Å². The number of rotatable bonds is 2. The molecular formula is C16H11Cl2N3O2. The summed E-state index contributed by atoms with van der Waals surface area (Å²) in [6.45, 7) is 1.88. The van der Waals surface area contributed by atoms with Crippen molar-refractivity contribution in [3.8, 4) is 0 Å². The zero-order valence-corrected chi connectivity index (χ0v) is 13.6. The van der Waals surface area contributed by atoms with Gasteiger partial charge in [-0.05, 0) is 36.8 Å². The Bertz CT molecular complexity index is 858. The van der Waals surface area contributed by atoms with Gasteiger partial charge in [-0.1, -0.05) is 23.2 Å². The molecule has 0 aliphatic carbocycles. The quantitative estimate of drug-likeness (QED) is 0.585. The molecule has 0 aromatic heterocycles. The van der Waals surface area contributed by atoms with Crippen LogP contribution in [0.1, 0.15) is 23.6 Å². The Labute approximate surface area is 142 Å². The van der Waals surface area contributed by atoms with Crippen LogP contribution in [-0.2, 0) is 6.42 Å². The first-order valence-electron chi connectivity index (χ1n) is 6.80. The summed E-state index contributed by atoms with van der Waals surface area (Å²) in [5.41, 5.74) is 4.02. The van der Waals surface area contributed by atoms with Crippen LogP contribution in [-0.4, -0.2) is 16.3 Å². The van der Waals surface area contributed by atoms with Crippen LogP contribution in [0.15, 0.2) is 46.6 Å². The maximum Gasteiger partial charge on any atom is 0.269 e. The van der Waals surface area contributed by atoms with Crippen LogP contribution in [0, 0.1) is 10.1 Å². The highest BCUT2D eigenvalue weighted by Crippen LogP contribution is 2.30. The van der Waals surface area contributed by atoms with Gasteiger partial charge in [-0.25, -0.2) is 0 Å². The van der Waals surface area contributed by atoms with E-state index in [9.17, 15) is 10.1 Å². The summed E-state index contributed by atoms with van der Waals surface area (Å²) in [6, 6.07) is 9.75. The van der Waals surface area contributed by atoms with Crippen LogP contribution in [0.5, 0.6) is 0 Å². The predicted octanol–water partition coefficient (Wildman–Crippen LogP) is 4.67.